The van der Waals surface area contributed by atoms with Crippen LogP contribution in [0.15, 0.2) is 22.6 Å². The minimum Gasteiger partial charge on any atom is -0.493 e. The maximum atomic E-state index is 6.21. The molecule has 0 spiro atoms. The van der Waals surface area contributed by atoms with Gasteiger partial charge in [0.25, 0.3) is 0 Å². The molecular weight excluding hydrogens is 322 g/mol. The maximum absolute atomic E-state index is 6.21. The Hall–Kier alpha value is -2.28. The average Bonchev–Trinajstić information content (AvgIpc) is 3.08. The van der Waals surface area contributed by atoms with Gasteiger partial charge >= 0.3 is 0 Å². The van der Waals surface area contributed by atoms with Crippen molar-refractivity contribution in [1.29, 1.82) is 0 Å². The van der Waals surface area contributed by atoms with Crippen LogP contribution in [-0.2, 0) is 0 Å². The predicted octanol–water partition coefficient (Wildman–Crippen LogP) is 3.00. The molecule has 2 heterocycles. The number of rotatable bonds is 6. The molecule has 1 saturated heterocycles. The molecule has 1 aliphatic heterocycles. The molecule has 7 heteroatoms. The van der Waals surface area contributed by atoms with Gasteiger partial charge < -0.3 is 18.6 Å². The summed E-state index contributed by atoms with van der Waals surface area (Å²) in [6.07, 6.45) is 1.95. The van der Waals surface area contributed by atoms with Crippen LogP contribution in [0.1, 0.15) is 37.6 Å². The van der Waals surface area contributed by atoms with E-state index in [2.05, 4.69) is 22.0 Å². The maximum Gasteiger partial charge on any atom is 0.233 e. The van der Waals surface area contributed by atoms with E-state index in [0.717, 1.165) is 25.9 Å². The molecular formula is C18H25N3O4. The van der Waals surface area contributed by atoms with Gasteiger partial charge in [-0.1, -0.05) is 6.07 Å². The number of ether oxygens (including phenoxy) is 3. The first kappa shape index (κ1) is 17.5. The first-order chi connectivity index (χ1) is 12.1. The molecule has 0 unspecified atom stereocenters. The fourth-order valence-corrected chi connectivity index (χ4v) is 3.12. The third kappa shape index (κ3) is 3.87. The zero-order valence-electron chi connectivity index (χ0n) is 15.2. The lowest BCUT2D eigenvalue weighted by Crippen LogP contribution is -2.39. The summed E-state index contributed by atoms with van der Waals surface area (Å²) in [6, 6.07) is 5.77. The van der Waals surface area contributed by atoms with Gasteiger partial charge in [0.05, 0.1) is 20.3 Å². The third-order valence-electron chi connectivity index (χ3n) is 4.59. The van der Waals surface area contributed by atoms with Gasteiger partial charge in [0, 0.05) is 20.0 Å². The highest BCUT2D eigenvalue weighted by Gasteiger charge is 2.28. The number of hydrogen-bond donors (Lipinski definition) is 0. The topological polar surface area (TPSA) is 69.8 Å². The van der Waals surface area contributed by atoms with E-state index in [4.69, 9.17) is 18.6 Å². The number of likely N-dealkylation sites (tertiary alicyclic amines) is 1. The minimum atomic E-state index is 0.114. The molecule has 1 aliphatic rings. The first-order valence-electron chi connectivity index (χ1n) is 8.54. The summed E-state index contributed by atoms with van der Waals surface area (Å²) in [6.45, 7) is 5.72. The monoisotopic (exact) mass is 347 g/mol. The van der Waals surface area contributed by atoms with E-state index in [1.807, 2.05) is 25.1 Å². The predicted molar refractivity (Wildman–Crippen MR) is 92.2 cm³/mol. The van der Waals surface area contributed by atoms with Gasteiger partial charge in [0.1, 0.15) is 6.10 Å². The van der Waals surface area contributed by atoms with E-state index in [-0.39, 0.29) is 12.1 Å². The highest BCUT2D eigenvalue weighted by atomic mass is 16.5. The zero-order valence-corrected chi connectivity index (χ0v) is 15.2. The van der Waals surface area contributed by atoms with Gasteiger partial charge in [-0.25, -0.2) is 0 Å². The van der Waals surface area contributed by atoms with Gasteiger partial charge in [-0.05, 0) is 31.9 Å². The number of hydrogen-bond acceptors (Lipinski definition) is 7. The second-order valence-corrected chi connectivity index (χ2v) is 6.18. The first-order valence-corrected chi connectivity index (χ1v) is 8.54. The Labute approximate surface area is 147 Å². The summed E-state index contributed by atoms with van der Waals surface area (Å²) >= 11 is 0. The molecule has 0 bridgehead atoms. The largest absolute Gasteiger partial charge is 0.493 e. The summed E-state index contributed by atoms with van der Waals surface area (Å²) in [4.78, 5) is 2.34. The Balaban J connectivity index is 1.62. The fourth-order valence-electron chi connectivity index (χ4n) is 3.12. The molecule has 2 aromatic rings. The van der Waals surface area contributed by atoms with Crippen molar-refractivity contribution in [3.8, 4) is 17.2 Å². The Bertz CT molecular complexity index is 673. The van der Waals surface area contributed by atoms with E-state index >= 15 is 0 Å². The Morgan fingerprint density at radius 1 is 1.12 bits per heavy atom. The van der Waals surface area contributed by atoms with Gasteiger partial charge in [0.15, 0.2) is 11.5 Å². The van der Waals surface area contributed by atoms with Crippen LogP contribution in [0.25, 0.3) is 0 Å². The highest BCUT2D eigenvalue weighted by Crippen LogP contribution is 2.38. The smallest absolute Gasteiger partial charge is 0.233 e. The second kappa shape index (κ2) is 7.74. The fraction of sp³-hybridized carbons (Fsp3) is 0.556. The van der Waals surface area contributed by atoms with Crippen molar-refractivity contribution < 1.29 is 18.6 Å². The molecule has 1 aromatic heterocycles. The molecule has 1 atom stereocenters. The SMILES string of the molecule is COc1cccc(OC)c1OC1CCN([C@@H](C)c2nnc(C)o2)CC1. The van der Waals surface area contributed by atoms with E-state index < -0.39 is 0 Å². The molecule has 136 valence electrons. The molecule has 25 heavy (non-hydrogen) atoms. The van der Waals surface area contributed by atoms with E-state index in [1.54, 1.807) is 14.2 Å². The Kier molecular flexibility index (Phi) is 5.43. The summed E-state index contributed by atoms with van der Waals surface area (Å²) in [5.74, 6) is 3.33. The van der Waals surface area contributed by atoms with E-state index in [0.29, 0.717) is 29.0 Å². The van der Waals surface area contributed by atoms with Crippen molar-refractivity contribution in [2.24, 2.45) is 0 Å². The number of methoxy groups -OCH3 is 2. The highest BCUT2D eigenvalue weighted by molar-refractivity contribution is 5.51. The van der Waals surface area contributed by atoms with Crippen LogP contribution in [0.2, 0.25) is 0 Å². The van der Waals surface area contributed by atoms with Crippen molar-refractivity contribution in [2.75, 3.05) is 27.3 Å². The minimum absolute atomic E-state index is 0.114. The molecule has 0 amide bonds. The van der Waals surface area contributed by atoms with Crippen molar-refractivity contribution in [3.63, 3.8) is 0 Å². The number of aromatic nitrogens is 2. The normalized spacial score (nSPS) is 17.3. The van der Waals surface area contributed by atoms with Crippen molar-refractivity contribution in [1.82, 2.24) is 15.1 Å². The quantitative estimate of drug-likeness (QED) is 0.795. The van der Waals surface area contributed by atoms with Crippen molar-refractivity contribution >= 4 is 0 Å². The van der Waals surface area contributed by atoms with Crippen LogP contribution in [0, 0.1) is 6.92 Å². The molecule has 0 radical (unpaired) electrons. The van der Waals surface area contributed by atoms with Crippen LogP contribution >= 0.6 is 0 Å². The number of nitrogens with zero attached hydrogens (tertiary/aromatic N) is 3. The lowest BCUT2D eigenvalue weighted by Gasteiger charge is -2.34. The summed E-state index contributed by atoms with van der Waals surface area (Å²) in [5, 5.41) is 8.05. The van der Waals surface area contributed by atoms with Gasteiger partial charge in [-0.3, -0.25) is 4.90 Å². The average molecular weight is 347 g/mol. The van der Waals surface area contributed by atoms with Crippen LogP contribution < -0.4 is 14.2 Å². The third-order valence-corrected chi connectivity index (χ3v) is 4.59. The number of para-hydroxylation sites is 1. The molecule has 0 aliphatic carbocycles. The van der Waals surface area contributed by atoms with Crippen LogP contribution in [0.3, 0.4) is 0 Å². The van der Waals surface area contributed by atoms with Crippen LogP contribution in [-0.4, -0.2) is 48.5 Å². The molecule has 1 aromatic carbocycles. The van der Waals surface area contributed by atoms with Crippen molar-refractivity contribution in [3.05, 3.63) is 30.0 Å². The standard InChI is InChI=1S/C18H25N3O4/c1-12(18-20-19-13(2)24-18)21-10-8-14(9-11-21)25-17-15(22-3)6-5-7-16(17)23-4/h5-7,12,14H,8-11H2,1-4H3/t12-/m0/s1. The molecule has 3 rings (SSSR count). The number of piperidine rings is 1. The number of aryl methyl sites for hydroxylation is 1. The Morgan fingerprint density at radius 2 is 1.76 bits per heavy atom. The number of benzene rings is 1. The van der Waals surface area contributed by atoms with E-state index in [1.165, 1.54) is 0 Å². The second-order valence-electron chi connectivity index (χ2n) is 6.18. The zero-order chi connectivity index (χ0) is 17.8. The molecule has 7 nitrogen and oxygen atoms in total. The lowest BCUT2D eigenvalue weighted by molar-refractivity contribution is 0.0684. The van der Waals surface area contributed by atoms with Gasteiger partial charge in [-0.2, -0.15) is 0 Å². The van der Waals surface area contributed by atoms with Crippen molar-refractivity contribution in [2.45, 2.75) is 38.8 Å². The van der Waals surface area contributed by atoms with Gasteiger partial charge in [-0.15, -0.1) is 10.2 Å². The summed E-state index contributed by atoms with van der Waals surface area (Å²) in [5.41, 5.74) is 0. The molecule has 0 saturated carbocycles. The summed E-state index contributed by atoms with van der Waals surface area (Å²) in [7, 11) is 3.27. The van der Waals surface area contributed by atoms with Crippen LogP contribution in [0.4, 0.5) is 0 Å². The molecule has 0 N–H and O–H groups in total. The van der Waals surface area contributed by atoms with Gasteiger partial charge in [0.2, 0.25) is 17.5 Å². The summed E-state index contributed by atoms with van der Waals surface area (Å²) < 4.78 is 22.6. The Morgan fingerprint density at radius 3 is 2.28 bits per heavy atom. The molecule has 1 fully saturated rings. The van der Waals surface area contributed by atoms with Crippen LogP contribution in [0.5, 0.6) is 17.2 Å². The van der Waals surface area contributed by atoms with E-state index in [9.17, 15) is 0 Å². The lowest BCUT2D eigenvalue weighted by atomic mass is 10.1.